The van der Waals surface area contributed by atoms with E-state index in [1.165, 1.54) is 19.1 Å². The summed E-state index contributed by atoms with van der Waals surface area (Å²) in [5.74, 6) is -2.92. The minimum Gasteiger partial charge on any atom is -0.427 e. The summed E-state index contributed by atoms with van der Waals surface area (Å²) >= 11 is 6.39. The molecule has 0 bridgehead atoms. The van der Waals surface area contributed by atoms with Gasteiger partial charge in [-0.05, 0) is 53.6 Å². The normalized spacial score (nSPS) is 23.5. The van der Waals surface area contributed by atoms with Crippen molar-refractivity contribution in [2.45, 2.75) is 19.0 Å². The van der Waals surface area contributed by atoms with Crippen LogP contribution in [-0.2, 0) is 14.4 Å². The third-order valence-electron chi connectivity index (χ3n) is 7.22. The number of rotatable bonds is 4. The lowest BCUT2D eigenvalue weighted by atomic mass is 9.83. The van der Waals surface area contributed by atoms with Gasteiger partial charge < -0.3 is 9.64 Å². The highest BCUT2D eigenvalue weighted by Crippen LogP contribution is 2.54. The van der Waals surface area contributed by atoms with Crippen molar-refractivity contribution in [3.8, 4) is 5.75 Å². The van der Waals surface area contributed by atoms with Gasteiger partial charge in [0.05, 0.1) is 28.6 Å². The quantitative estimate of drug-likeness (QED) is 0.219. The minimum atomic E-state index is -0.900. The number of carbonyl (C=O) groups excluding carboxylic acids is 4. The number of carbonyl (C=O) groups is 4. The Morgan fingerprint density at radius 1 is 0.865 bits per heavy atom. The molecule has 0 aliphatic carbocycles. The summed E-state index contributed by atoms with van der Waals surface area (Å²) in [6.07, 6.45) is 3.71. The molecule has 8 heteroatoms. The number of amides is 2. The van der Waals surface area contributed by atoms with Crippen LogP contribution in [0.3, 0.4) is 0 Å². The van der Waals surface area contributed by atoms with Crippen LogP contribution in [-0.4, -0.2) is 34.5 Å². The molecular weight excluding hydrogens is 492 g/mol. The molecule has 3 aliphatic rings. The first kappa shape index (κ1) is 23.2. The summed E-state index contributed by atoms with van der Waals surface area (Å²) in [5, 5.41) is 0.286. The molecule has 3 aromatic rings. The number of fused-ring (bicyclic) bond motifs is 5. The summed E-state index contributed by atoms with van der Waals surface area (Å²) in [6.45, 7) is 1.30. The Kier molecular flexibility index (Phi) is 5.46. The SMILES string of the molecule is CC(=O)Oc1ccc(C(=O)[C@@H]2[C@H]3C(=O)N(c4ccccc4Cl)C(=O)[C@@H]3[C@H]3c4ccccc4C=CN23)cc1. The first-order valence-electron chi connectivity index (χ1n) is 11.9. The summed E-state index contributed by atoms with van der Waals surface area (Å²) < 4.78 is 5.08. The van der Waals surface area contributed by atoms with Crippen molar-refractivity contribution in [2.24, 2.45) is 11.8 Å². The number of ether oxygens (including phenoxy) is 1. The monoisotopic (exact) mass is 512 g/mol. The first-order chi connectivity index (χ1) is 17.9. The number of ketones is 1. The average molecular weight is 513 g/mol. The predicted molar refractivity (Wildman–Crippen MR) is 137 cm³/mol. The van der Waals surface area contributed by atoms with Crippen LogP contribution >= 0.6 is 11.6 Å². The number of hydrogen-bond acceptors (Lipinski definition) is 6. The lowest BCUT2D eigenvalue weighted by Crippen LogP contribution is -2.44. The van der Waals surface area contributed by atoms with Crippen molar-refractivity contribution < 1.29 is 23.9 Å². The van der Waals surface area contributed by atoms with E-state index in [0.29, 0.717) is 17.0 Å². The van der Waals surface area contributed by atoms with E-state index in [2.05, 4.69) is 0 Å². The molecule has 0 saturated carbocycles. The van der Waals surface area contributed by atoms with Gasteiger partial charge in [0.1, 0.15) is 11.8 Å². The van der Waals surface area contributed by atoms with Crippen LogP contribution in [0, 0.1) is 11.8 Å². The average Bonchev–Trinajstić information content (AvgIpc) is 3.37. The number of hydrogen-bond donors (Lipinski definition) is 0. The van der Waals surface area contributed by atoms with Gasteiger partial charge in [0.2, 0.25) is 11.8 Å². The van der Waals surface area contributed by atoms with Crippen LogP contribution in [0.15, 0.2) is 79.0 Å². The first-order valence-corrected chi connectivity index (χ1v) is 12.2. The number of halogens is 1. The van der Waals surface area contributed by atoms with Crippen LogP contribution in [0.1, 0.15) is 34.5 Å². The predicted octanol–water partition coefficient (Wildman–Crippen LogP) is 4.66. The molecule has 3 aromatic carbocycles. The highest BCUT2D eigenvalue weighted by molar-refractivity contribution is 6.36. The van der Waals surface area contributed by atoms with E-state index in [9.17, 15) is 19.2 Å². The number of Topliss-reactive ketones (excluding diaryl/α,β-unsaturated/α-hetero) is 1. The Balaban J connectivity index is 1.45. The Bertz CT molecular complexity index is 1500. The largest absolute Gasteiger partial charge is 0.427 e. The molecule has 3 heterocycles. The summed E-state index contributed by atoms with van der Waals surface area (Å²) in [6, 6.07) is 19.2. The maximum absolute atomic E-state index is 14.0. The van der Waals surface area contributed by atoms with Gasteiger partial charge in [0.25, 0.3) is 0 Å². The highest BCUT2D eigenvalue weighted by Gasteiger charge is 2.64. The number of benzene rings is 3. The van der Waals surface area contributed by atoms with E-state index in [-0.39, 0.29) is 16.7 Å². The van der Waals surface area contributed by atoms with Crippen molar-refractivity contribution in [3.63, 3.8) is 0 Å². The summed E-state index contributed by atoms with van der Waals surface area (Å²) in [5.41, 5.74) is 2.50. The fourth-order valence-corrected chi connectivity index (χ4v) is 5.97. The zero-order valence-corrected chi connectivity index (χ0v) is 20.5. The topological polar surface area (TPSA) is 84.0 Å². The third kappa shape index (κ3) is 3.57. The smallest absolute Gasteiger partial charge is 0.308 e. The molecule has 184 valence electrons. The molecule has 2 saturated heterocycles. The van der Waals surface area contributed by atoms with Crippen molar-refractivity contribution >= 4 is 46.9 Å². The van der Waals surface area contributed by atoms with Gasteiger partial charge in [0.15, 0.2) is 5.78 Å². The van der Waals surface area contributed by atoms with Gasteiger partial charge in [-0.3, -0.25) is 19.2 Å². The highest BCUT2D eigenvalue weighted by atomic mass is 35.5. The van der Waals surface area contributed by atoms with Crippen molar-refractivity contribution in [1.82, 2.24) is 4.90 Å². The fraction of sp³-hybridized carbons (Fsp3) is 0.172. The Labute approximate surface area is 217 Å². The molecule has 0 radical (unpaired) electrons. The number of imide groups is 1. The van der Waals surface area contributed by atoms with Gasteiger partial charge in [-0.15, -0.1) is 0 Å². The second-order valence-corrected chi connectivity index (χ2v) is 9.69. The fourth-order valence-electron chi connectivity index (χ4n) is 5.75. The van der Waals surface area contributed by atoms with Crippen LogP contribution in [0.4, 0.5) is 5.69 Å². The molecular formula is C29H21ClN2O5. The zero-order valence-electron chi connectivity index (χ0n) is 19.7. The third-order valence-corrected chi connectivity index (χ3v) is 7.54. The molecule has 0 spiro atoms. The van der Waals surface area contributed by atoms with E-state index in [4.69, 9.17) is 16.3 Å². The van der Waals surface area contributed by atoms with E-state index in [1.54, 1.807) is 36.4 Å². The van der Waals surface area contributed by atoms with Gasteiger partial charge in [-0.2, -0.15) is 0 Å². The lowest BCUT2D eigenvalue weighted by molar-refractivity contribution is -0.132. The van der Waals surface area contributed by atoms with E-state index in [0.717, 1.165) is 16.0 Å². The molecule has 0 unspecified atom stereocenters. The lowest BCUT2D eigenvalue weighted by Gasteiger charge is -2.35. The van der Waals surface area contributed by atoms with Gasteiger partial charge >= 0.3 is 5.97 Å². The number of anilines is 1. The second kappa shape index (κ2) is 8.71. The summed E-state index contributed by atoms with van der Waals surface area (Å²) in [7, 11) is 0. The van der Waals surface area contributed by atoms with Crippen LogP contribution < -0.4 is 9.64 Å². The molecule has 4 atom stereocenters. The molecule has 7 nitrogen and oxygen atoms in total. The Morgan fingerprint density at radius 2 is 1.54 bits per heavy atom. The van der Waals surface area contributed by atoms with Crippen molar-refractivity contribution in [1.29, 1.82) is 0 Å². The number of esters is 1. The summed E-state index contributed by atoms with van der Waals surface area (Å²) in [4.78, 5) is 56.0. The van der Waals surface area contributed by atoms with Crippen LogP contribution in [0.2, 0.25) is 5.02 Å². The van der Waals surface area contributed by atoms with E-state index < -0.39 is 35.8 Å². The Hall–Kier alpha value is -4.23. The van der Waals surface area contributed by atoms with E-state index >= 15 is 0 Å². The molecule has 3 aliphatic heterocycles. The molecule has 2 amide bonds. The molecule has 6 rings (SSSR count). The number of para-hydroxylation sites is 1. The standard InChI is InChI=1S/C29H21ClN2O5/c1-16(33)37-19-12-10-18(11-13-19)27(34)26-24-23(25-20-7-3-2-6-17(20)14-15-31(25)26)28(35)32(29(24)36)22-9-5-4-8-21(22)30/h2-15,23-26H,1H3/t23-,24-,25+,26-/m0/s1. The number of nitrogens with zero attached hydrogens (tertiary/aromatic N) is 2. The minimum absolute atomic E-state index is 0.286. The maximum Gasteiger partial charge on any atom is 0.308 e. The molecule has 37 heavy (non-hydrogen) atoms. The second-order valence-electron chi connectivity index (χ2n) is 9.28. The van der Waals surface area contributed by atoms with Crippen molar-refractivity contribution in [2.75, 3.05) is 4.90 Å². The molecule has 2 fully saturated rings. The van der Waals surface area contributed by atoms with E-state index in [1.807, 2.05) is 41.4 Å². The molecule has 0 aromatic heterocycles. The van der Waals surface area contributed by atoms with Crippen LogP contribution in [0.25, 0.3) is 6.08 Å². The zero-order chi connectivity index (χ0) is 25.8. The Morgan fingerprint density at radius 3 is 2.27 bits per heavy atom. The maximum atomic E-state index is 14.0. The van der Waals surface area contributed by atoms with Gasteiger partial charge in [-0.25, -0.2) is 4.90 Å². The molecule has 0 N–H and O–H groups in total. The van der Waals surface area contributed by atoms with Gasteiger partial charge in [0, 0.05) is 18.7 Å². The van der Waals surface area contributed by atoms with Crippen LogP contribution in [0.5, 0.6) is 5.75 Å². The van der Waals surface area contributed by atoms with Gasteiger partial charge in [-0.1, -0.05) is 48.0 Å². The van der Waals surface area contributed by atoms with Crippen molar-refractivity contribution in [3.05, 3.63) is 101 Å².